The van der Waals surface area contributed by atoms with E-state index >= 15 is 0 Å². The second kappa shape index (κ2) is 5.75. The highest BCUT2D eigenvalue weighted by molar-refractivity contribution is 7.99. The summed E-state index contributed by atoms with van der Waals surface area (Å²) in [6.07, 6.45) is 3.60. The summed E-state index contributed by atoms with van der Waals surface area (Å²) in [5.41, 5.74) is 1.87. The Balaban J connectivity index is 2.87. The van der Waals surface area contributed by atoms with Crippen LogP contribution < -0.4 is 0 Å². The zero-order chi connectivity index (χ0) is 11.3. The highest BCUT2D eigenvalue weighted by Gasteiger charge is 2.21. The average molecular weight is 225 g/mol. The molecule has 4 heteroatoms. The van der Waals surface area contributed by atoms with Gasteiger partial charge in [-0.3, -0.25) is 9.78 Å². The molecule has 0 amide bonds. The number of aryl methyl sites for hydroxylation is 1. The third-order valence-corrected chi connectivity index (χ3v) is 2.85. The molecular weight excluding hydrogens is 210 g/mol. The maximum Gasteiger partial charge on any atom is 0.325 e. The van der Waals surface area contributed by atoms with E-state index in [2.05, 4.69) is 4.98 Å². The number of thioether (sulfide) groups is 1. The number of hydrogen-bond donors (Lipinski definition) is 0. The van der Waals surface area contributed by atoms with Crippen LogP contribution in [0.25, 0.3) is 0 Å². The van der Waals surface area contributed by atoms with Crippen LogP contribution in [0, 0.1) is 6.92 Å². The molecule has 0 N–H and O–H groups in total. The predicted octanol–water partition coefficient (Wildman–Crippen LogP) is 2.36. The molecule has 0 aliphatic heterocycles. The molecule has 1 rings (SSSR count). The topological polar surface area (TPSA) is 39.2 Å². The molecule has 0 fully saturated rings. The molecule has 1 heterocycles. The lowest BCUT2D eigenvalue weighted by Gasteiger charge is -2.12. The van der Waals surface area contributed by atoms with E-state index in [0.717, 1.165) is 11.3 Å². The zero-order valence-electron chi connectivity index (χ0n) is 9.19. The number of pyridine rings is 1. The summed E-state index contributed by atoms with van der Waals surface area (Å²) < 4.78 is 4.99. The molecule has 1 aromatic heterocycles. The summed E-state index contributed by atoms with van der Waals surface area (Å²) in [4.78, 5) is 15.8. The van der Waals surface area contributed by atoms with Crippen LogP contribution in [-0.2, 0) is 9.53 Å². The minimum absolute atomic E-state index is 0.219. The first-order valence-corrected chi connectivity index (χ1v) is 6.09. The Kier molecular flexibility index (Phi) is 4.62. The molecule has 15 heavy (non-hydrogen) atoms. The van der Waals surface area contributed by atoms with Gasteiger partial charge in [-0.1, -0.05) is 0 Å². The van der Waals surface area contributed by atoms with E-state index in [1.807, 2.05) is 25.3 Å². The van der Waals surface area contributed by atoms with Gasteiger partial charge in [-0.15, -0.1) is 11.8 Å². The molecule has 1 atom stereocenters. The summed E-state index contributed by atoms with van der Waals surface area (Å²) in [5, 5.41) is -0.315. The van der Waals surface area contributed by atoms with Crippen molar-refractivity contribution in [2.75, 3.05) is 12.9 Å². The molecule has 0 saturated carbocycles. The van der Waals surface area contributed by atoms with E-state index in [1.165, 1.54) is 11.8 Å². The molecule has 0 bridgehead atoms. The fourth-order valence-electron chi connectivity index (χ4n) is 1.26. The Morgan fingerprint density at radius 1 is 1.67 bits per heavy atom. The van der Waals surface area contributed by atoms with E-state index in [-0.39, 0.29) is 11.2 Å². The lowest BCUT2D eigenvalue weighted by molar-refractivity contribution is -0.142. The first-order chi connectivity index (χ1) is 7.19. The van der Waals surface area contributed by atoms with Gasteiger partial charge in [-0.25, -0.2) is 0 Å². The fourth-order valence-corrected chi connectivity index (χ4v) is 1.89. The lowest BCUT2D eigenvalue weighted by Crippen LogP contribution is -2.14. The number of hydrogen-bond acceptors (Lipinski definition) is 4. The Bertz CT molecular complexity index is 341. The van der Waals surface area contributed by atoms with Gasteiger partial charge in [-0.2, -0.15) is 0 Å². The first-order valence-electron chi connectivity index (χ1n) is 4.81. The molecule has 0 aliphatic rings. The van der Waals surface area contributed by atoms with Gasteiger partial charge in [0.25, 0.3) is 0 Å². The van der Waals surface area contributed by atoms with Gasteiger partial charge in [0.05, 0.1) is 12.3 Å². The maximum absolute atomic E-state index is 11.6. The Morgan fingerprint density at radius 2 is 2.40 bits per heavy atom. The molecule has 3 nitrogen and oxygen atoms in total. The van der Waals surface area contributed by atoms with Crippen LogP contribution in [0.2, 0.25) is 0 Å². The van der Waals surface area contributed by atoms with Crippen LogP contribution in [0.3, 0.4) is 0 Å². The minimum atomic E-state index is -0.315. The van der Waals surface area contributed by atoms with Gasteiger partial charge >= 0.3 is 5.97 Å². The van der Waals surface area contributed by atoms with Crippen LogP contribution in [-0.4, -0.2) is 23.8 Å². The van der Waals surface area contributed by atoms with Crippen LogP contribution >= 0.6 is 11.8 Å². The molecule has 0 radical (unpaired) electrons. The van der Waals surface area contributed by atoms with E-state index in [9.17, 15) is 4.79 Å². The number of nitrogens with zero attached hydrogens (tertiary/aromatic N) is 1. The van der Waals surface area contributed by atoms with Crippen LogP contribution in [0.4, 0.5) is 0 Å². The van der Waals surface area contributed by atoms with E-state index in [1.54, 1.807) is 13.1 Å². The van der Waals surface area contributed by atoms with Crippen LogP contribution in [0.5, 0.6) is 0 Å². The maximum atomic E-state index is 11.6. The summed E-state index contributed by atoms with van der Waals surface area (Å²) in [7, 11) is 0. The molecule has 1 unspecified atom stereocenters. The fraction of sp³-hybridized carbons (Fsp3) is 0.455. The molecular formula is C11H15NO2S. The molecule has 0 spiro atoms. The van der Waals surface area contributed by atoms with Crippen molar-refractivity contribution in [2.24, 2.45) is 0 Å². The predicted molar refractivity (Wildman–Crippen MR) is 61.9 cm³/mol. The Labute approximate surface area is 94.2 Å². The second-order valence-corrected chi connectivity index (χ2v) is 4.07. The molecule has 1 aromatic rings. The lowest BCUT2D eigenvalue weighted by atomic mass is 10.2. The van der Waals surface area contributed by atoms with Gasteiger partial charge < -0.3 is 4.74 Å². The summed E-state index contributed by atoms with van der Waals surface area (Å²) >= 11 is 1.44. The third kappa shape index (κ3) is 3.23. The number of carbonyl (C=O) groups is 1. The smallest absolute Gasteiger partial charge is 0.325 e. The number of rotatable bonds is 4. The number of ether oxygens (including phenoxy) is 1. The zero-order valence-corrected chi connectivity index (χ0v) is 10.0. The van der Waals surface area contributed by atoms with Crippen molar-refractivity contribution in [3.8, 4) is 0 Å². The monoisotopic (exact) mass is 225 g/mol. The first kappa shape index (κ1) is 12.0. The van der Waals surface area contributed by atoms with Crippen molar-refractivity contribution >= 4 is 17.7 Å². The molecule has 0 aliphatic carbocycles. The van der Waals surface area contributed by atoms with E-state index in [4.69, 9.17) is 4.74 Å². The van der Waals surface area contributed by atoms with Gasteiger partial charge in [-0.05, 0) is 37.8 Å². The van der Waals surface area contributed by atoms with Crippen molar-refractivity contribution in [3.05, 3.63) is 29.6 Å². The van der Waals surface area contributed by atoms with Crippen molar-refractivity contribution in [1.82, 2.24) is 4.98 Å². The van der Waals surface area contributed by atoms with Gasteiger partial charge in [0.1, 0.15) is 5.25 Å². The van der Waals surface area contributed by atoms with Crippen molar-refractivity contribution in [2.45, 2.75) is 19.1 Å². The van der Waals surface area contributed by atoms with E-state index < -0.39 is 0 Å². The normalized spacial score (nSPS) is 12.2. The molecule has 82 valence electrons. The SMILES string of the molecule is CCOC(=O)C(SC)c1cc(C)ccn1. The average Bonchev–Trinajstić information content (AvgIpc) is 2.19. The molecule has 0 saturated heterocycles. The highest BCUT2D eigenvalue weighted by atomic mass is 32.2. The summed E-state index contributed by atoms with van der Waals surface area (Å²) in [5.74, 6) is -0.219. The number of aromatic nitrogens is 1. The van der Waals surface area contributed by atoms with Crippen molar-refractivity contribution < 1.29 is 9.53 Å². The minimum Gasteiger partial charge on any atom is -0.465 e. The van der Waals surface area contributed by atoms with E-state index in [0.29, 0.717) is 6.61 Å². The Morgan fingerprint density at radius 3 is 2.93 bits per heavy atom. The van der Waals surface area contributed by atoms with Crippen molar-refractivity contribution in [3.63, 3.8) is 0 Å². The number of esters is 1. The largest absolute Gasteiger partial charge is 0.465 e. The van der Waals surface area contributed by atoms with Gasteiger partial charge in [0, 0.05) is 6.20 Å². The van der Waals surface area contributed by atoms with Crippen LogP contribution in [0.15, 0.2) is 18.3 Å². The van der Waals surface area contributed by atoms with Gasteiger partial charge in [0.15, 0.2) is 0 Å². The quantitative estimate of drug-likeness (QED) is 0.737. The Hall–Kier alpha value is -1.03. The summed E-state index contributed by atoms with van der Waals surface area (Å²) in [6.45, 7) is 4.19. The number of carbonyl (C=O) groups excluding carboxylic acids is 1. The van der Waals surface area contributed by atoms with Crippen LogP contribution in [0.1, 0.15) is 23.4 Å². The van der Waals surface area contributed by atoms with Gasteiger partial charge in [0.2, 0.25) is 0 Å². The second-order valence-electron chi connectivity index (χ2n) is 3.13. The third-order valence-electron chi connectivity index (χ3n) is 1.94. The summed E-state index contributed by atoms with van der Waals surface area (Å²) in [6, 6.07) is 3.82. The molecule has 0 aromatic carbocycles. The standard InChI is InChI=1S/C11H15NO2S/c1-4-14-11(13)10(15-3)9-7-8(2)5-6-12-9/h5-7,10H,4H2,1-3H3. The van der Waals surface area contributed by atoms with Crippen molar-refractivity contribution in [1.29, 1.82) is 0 Å². The highest BCUT2D eigenvalue weighted by Crippen LogP contribution is 2.26.